The van der Waals surface area contributed by atoms with Crippen molar-refractivity contribution >= 4 is 23.0 Å². The second kappa shape index (κ2) is 1.36. The molecule has 36 valence electrons. The van der Waals surface area contributed by atoms with Crippen molar-refractivity contribution in [2.75, 3.05) is 0 Å². The van der Waals surface area contributed by atoms with Crippen LogP contribution in [0.5, 0.6) is 0 Å². The molecule has 0 N–H and O–H groups in total. The van der Waals surface area contributed by atoms with Crippen molar-refractivity contribution in [3.05, 3.63) is 0 Å². The number of hydrogen-bond donors (Lipinski definition) is 0. The van der Waals surface area contributed by atoms with Crippen LogP contribution in [0.25, 0.3) is 0 Å². The van der Waals surface area contributed by atoms with Gasteiger partial charge in [-0.05, 0) is 0 Å². The van der Waals surface area contributed by atoms with E-state index in [0.717, 1.165) is 15.0 Å². The molecule has 0 saturated carbocycles. The SMILES string of the molecule is C[Si]1(C)C[Se]C1. The first-order valence-electron chi connectivity index (χ1n) is 2.28. The van der Waals surface area contributed by atoms with Gasteiger partial charge in [0, 0.05) is 0 Å². The molecule has 1 aliphatic heterocycles. The zero-order valence-corrected chi connectivity index (χ0v) is 7.04. The molecular weight excluding hydrogens is 155 g/mol. The van der Waals surface area contributed by atoms with Gasteiger partial charge in [0.1, 0.15) is 0 Å². The average Bonchev–Trinajstić information content (AvgIpc) is 1.32. The zero-order chi connectivity index (χ0) is 4.62. The summed E-state index contributed by atoms with van der Waals surface area (Å²) in [5.74, 6) is 0. The predicted octanol–water partition coefficient (Wildman–Crippen LogP) is 1.33. The summed E-state index contributed by atoms with van der Waals surface area (Å²) < 4.78 is 0. The van der Waals surface area contributed by atoms with Gasteiger partial charge in [0.05, 0.1) is 0 Å². The van der Waals surface area contributed by atoms with Crippen LogP contribution in [0.4, 0.5) is 0 Å². The minimum atomic E-state index is -0.423. The minimum absolute atomic E-state index is 0.423. The molecule has 0 aromatic heterocycles. The van der Waals surface area contributed by atoms with Crippen molar-refractivity contribution in [2.45, 2.75) is 23.0 Å². The van der Waals surface area contributed by atoms with E-state index in [4.69, 9.17) is 0 Å². The van der Waals surface area contributed by atoms with Crippen molar-refractivity contribution in [3.63, 3.8) is 0 Å². The van der Waals surface area contributed by atoms with Crippen LogP contribution in [0.15, 0.2) is 0 Å². The second-order valence-electron chi connectivity index (χ2n) is 2.66. The van der Waals surface area contributed by atoms with E-state index in [1.807, 2.05) is 0 Å². The summed E-state index contributed by atoms with van der Waals surface area (Å²) in [7, 11) is -0.423. The van der Waals surface area contributed by atoms with Crippen LogP contribution < -0.4 is 0 Å². The first kappa shape index (κ1) is 4.88. The van der Waals surface area contributed by atoms with Crippen LogP contribution in [0.2, 0.25) is 23.0 Å². The van der Waals surface area contributed by atoms with Gasteiger partial charge in [0.2, 0.25) is 0 Å². The zero-order valence-electron chi connectivity index (χ0n) is 4.32. The Kier molecular flexibility index (Phi) is 1.11. The molecule has 0 aliphatic carbocycles. The third kappa shape index (κ3) is 0.866. The maximum absolute atomic E-state index is 2.48. The van der Waals surface area contributed by atoms with E-state index >= 15 is 0 Å². The molecule has 0 spiro atoms. The normalized spacial score (nSPS) is 29.0. The molecule has 6 heavy (non-hydrogen) atoms. The molecule has 0 unspecified atom stereocenters. The van der Waals surface area contributed by atoms with E-state index in [9.17, 15) is 0 Å². The van der Waals surface area contributed by atoms with E-state index in [-0.39, 0.29) is 0 Å². The summed E-state index contributed by atoms with van der Waals surface area (Å²) in [6, 6.07) is 0. The summed E-state index contributed by atoms with van der Waals surface area (Å²) in [5, 5.41) is 0. The third-order valence-corrected chi connectivity index (χ3v) is 15.4. The third-order valence-electron chi connectivity index (χ3n) is 0.986. The molecule has 0 aromatic carbocycles. The van der Waals surface area contributed by atoms with Crippen LogP contribution in [0.1, 0.15) is 0 Å². The molecule has 0 radical (unpaired) electrons. The standard InChI is InChI=1S/C4H10SeSi/c1-6(2)3-5-4-6/h3-4H2,1-2H3. The molecule has 1 aliphatic rings. The molecule has 1 rings (SSSR count). The first-order valence-corrected chi connectivity index (χ1v) is 8.12. The first-order chi connectivity index (χ1) is 2.71. The van der Waals surface area contributed by atoms with E-state index in [0.29, 0.717) is 0 Å². The average molecular weight is 165 g/mol. The summed E-state index contributed by atoms with van der Waals surface area (Å²) in [4.78, 5) is 3.31. The molecule has 0 nitrogen and oxygen atoms in total. The summed E-state index contributed by atoms with van der Waals surface area (Å²) in [6.45, 7) is 4.97. The monoisotopic (exact) mass is 166 g/mol. The topological polar surface area (TPSA) is 0 Å². The quantitative estimate of drug-likeness (QED) is 0.475. The fraction of sp³-hybridized carbons (Fsp3) is 1.00. The van der Waals surface area contributed by atoms with Crippen LogP contribution in [0.3, 0.4) is 0 Å². The predicted molar refractivity (Wildman–Crippen MR) is 32.8 cm³/mol. The molecule has 1 fully saturated rings. The molecule has 0 bridgehead atoms. The molecular formula is C4H10SeSi. The van der Waals surface area contributed by atoms with Gasteiger partial charge in [-0.1, -0.05) is 0 Å². The molecule has 0 atom stereocenters. The van der Waals surface area contributed by atoms with Crippen molar-refractivity contribution in [2.24, 2.45) is 0 Å². The fourth-order valence-electron chi connectivity index (χ4n) is 0.510. The Balaban J connectivity index is 2.31. The van der Waals surface area contributed by atoms with E-state index in [1.165, 1.54) is 0 Å². The Bertz CT molecular complexity index is 54.6. The number of rotatable bonds is 0. The summed E-state index contributed by atoms with van der Waals surface area (Å²) >= 11 is 1.09. The maximum atomic E-state index is 2.48. The van der Waals surface area contributed by atoms with Crippen LogP contribution in [-0.4, -0.2) is 23.0 Å². The van der Waals surface area contributed by atoms with Gasteiger partial charge in [-0.2, -0.15) is 0 Å². The van der Waals surface area contributed by atoms with Gasteiger partial charge in [0.25, 0.3) is 0 Å². The summed E-state index contributed by atoms with van der Waals surface area (Å²) in [5.41, 5.74) is 0. The van der Waals surface area contributed by atoms with Crippen LogP contribution in [-0.2, 0) is 0 Å². The van der Waals surface area contributed by atoms with Crippen molar-refractivity contribution in [1.29, 1.82) is 0 Å². The van der Waals surface area contributed by atoms with Gasteiger partial charge in [-0.3, -0.25) is 0 Å². The molecule has 1 heterocycles. The Morgan fingerprint density at radius 2 is 1.67 bits per heavy atom. The van der Waals surface area contributed by atoms with E-state index in [2.05, 4.69) is 13.1 Å². The van der Waals surface area contributed by atoms with Gasteiger partial charge in [-0.25, -0.2) is 0 Å². The Morgan fingerprint density at radius 1 is 1.33 bits per heavy atom. The van der Waals surface area contributed by atoms with Crippen LogP contribution >= 0.6 is 0 Å². The molecule has 2 heteroatoms. The van der Waals surface area contributed by atoms with Gasteiger partial charge in [-0.15, -0.1) is 0 Å². The Morgan fingerprint density at radius 3 is 1.67 bits per heavy atom. The number of hydrogen-bond acceptors (Lipinski definition) is 0. The van der Waals surface area contributed by atoms with Crippen molar-refractivity contribution in [1.82, 2.24) is 0 Å². The Labute approximate surface area is 46.5 Å². The van der Waals surface area contributed by atoms with Gasteiger partial charge >= 0.3 is 46.0 Å². The van der Waals surface area contributed by atoms with E-state index < -0.39 is 8.07 Å². The van der Waals surface area contributed by atoms with Gasteiger partial charge in [0.15, 0.2) is 0 Å². The molecule has 0 amide bonds. The van der Waals surface area contributed by atoms with Crippen molar-refractivity contribution < 1.29 is 0 Å². The Hall–Kier alpha value is 0.736. The van der Waals surface area contributed by atoms with Gasteiger partial charge < -0.3 is 0 Å². The molecule has 0 aromatic rings. The van der Waals surface area contributed by atoms with Crippen molar-refractivity contribution in [3.8, 4) is 0 Å². The summed E-state index contributed by atoms with van der Waals surface area (Å²) in [6.07, 6.45) is 0. The second-order valence-corrected chi connectivity index (χ2v) is 12.1. The fourth-order valence-corrected chi connectivity index (χ4v) is 7.95. The van der Waals surface area contributed by atoms with E-state index in [1.54, 1.807) is 9.89 Å². The van der Waals surface area contributed by atoms with Crippen LogP contribution in [0, 0.1) is 0 Å². The molecule has 1 saturated heterocycles.